The second-order valence-corrected chi connectivity index (χ2v) is 5.72. The molecule has 0 saturated heterocycles. The second-order valence-electron chi connectivity index (χ2n) is 5.72. The molecule has 2 atom stereocenters. The van der Waals surface area contributed by atoms with Gasteiger partial charge in [-0.05, 0) is 39.7 Å². The molecule has 0 amide bonds. The van der Waals surface area contributed by atoms with Crippen molar-refractivity contribution in [2.75, 3.05) is 47.8 Å². The Kier molecular flexibility index (Phi) is 7.06. The van der Waals surface area contributed by atoms with Gasteiger partial charge in [0.15, 0.2) is 0 Å². The molecule has 0 aliphatic heterocycles. The molecule has 0 spiro atoms. The molecule has 0 heterocycles. The van der Waals surface area contributed by atoms with Gasteiger partial charge in [-0.2, -0.15) is 0 Å². The van der Waals surface area contributed by atoms with E-state index in [2.05, 4.69) is 73.5 Å². The van der Waals surface area contributed by atoms with Crippen LogP contribution in [0.25, 0.3) is 0 Å². The van der Waals surface area contributed by atoms with E-state index < -0.39 is 0 Å². The van der Waals surface area contributed by atoms with Gasteiger partial charge in [-0.25, -0.2) is 0 Å². The van der Waals surface area contributed by atoms with Crippen molar-refractivity contribution in [3.8, 4) is 0 Å². The molecule has 0 fully saturated rings. The molecular formula is C16H29N3. The first-order chi connectivity index (χ1) is 9.04. The monoisotopic (exact) mass is 263 g/mol. The van der Waals surface area contributed by atoms with Crippen LogP contribution >= 0.6 is 0 Å². The fraction of sp³-hybridized carbons (Fsp3) is 0.625. The fourth-order valence-electron chi connectivity index (χ4n) is 2.50. The van der Waals surface area contributed by atoms with Crippen LogP contribution in [0.3, 0.4) is 0 Å². The summed E-state index contributed by atoms with van der Waals surface area (Å²) in [6.45, 7) is 5.65. The van der Waals surface area contributed by atoms with Crippen LogP contribution in [-0.2, 0) is 0 Å². The maximum absolute atomic E-state index is 3.45. The van der Waals surface area contributed by atoms with Crippen molar-refractivity contribution in [2.24, 2.45) is 5.92 Å². The Hall–Kier alpha value is -0.900. The van der Waals surface area contributed by atoms with Crippen molar-refractivity contribution < 1.29 is 0 Å². The number of rotatable bonds is 8. The van der Waals surface area contributed by atoms with E-state index in [9.17, 15) is 0 Å². The van der Waals surface area contributed by atoms with Crippen LogP contribution in [0.5, 0.6) is 0 Å². The molecule has 1 N–H and O–H groups in total. The molecule has 3 nitrogen and oxygen atoms in total. The van der Waals surface area contributed by atoms with Gasteiger partial charge in [-0.15, -0.1) is 0 Å². The first-order valence-electron chi connectivity index (χ1n) is 7.10. The highest BCUT2D eigenvalue weighted by atomic mass is 15.2. The summed E-state index contributed by atoms with van der Waals surface area (Å²) in [6.07, 6.45) is 0. The van der Waals surface area contributed by atoms with Crippen molar-refractivity contribution in [3.63, 3.8) is 0 Å². The molecule has 19 heavy (non-hydrogen) atoms. The lowest BCUT2D eigenvalue weighted by Gasteiger charge is -2.29. The van der Waals surface area contributed by atoms with Gasteiger partial charge in [-0.3, -0.25) is 0 Å². The van der Waals surface area contributed by atoms with E-state index in [0.29, 0.717) is 12.0 Å². The minimum Gasteiger partial charge on any atom is -0.313 e. The molecule has 3 heteroatoms. The molecular weight excluding hydrogens is 234 g/mol. The summed E-state index contributed by atoms with van der Waals surface area (Å²) >= 11 is 0. The molecule has 0 radical (unpaired) electrons. The van der Waals surface area contributed by atoms with E-state index in [1.54, 1.807) is 0 Å². The first-order valence-corrected chi connectivity index (χ1v) is 7.10. The summed E-state index contributed by atoms with van der Waals surface area (Å²) in [5.41, 5.74) is 1.37. The third kappa shape index (κ3) is 5.72. The quantitative estimate of drug-likeness (QED) is 0.775. The maximum Gasteiger partial charge on any atom is 0.0355 e. The Bertz CT molecular complexity index is 337. The number of likely N-dealkylation sites (N-methyl/N-ethyl adjacent to an activating group) is 2. The lowest BCUT2D eigenvalue weighted by molar-refractivity contribution is 0.230. The lowest BCUT2D eigenvalue weighted by Crippen LogP contribution is -2.36. The third-order valence-electron chi connectivity index (χ3n) is 3.57. The highest BCUT2D eigenvalue weighted by molar-refractivity contribution is 5.19. The van der Waals surface area contributed by atoms with Gasteiger partial charge in [0, 0.05) is 25.7 Å². The predicted octanol–water partition coefficient (Wildman–Crippen LogP) is 2.08. The van der Waals surface area contributed by atoms with E-state index in [4.69, 9.17) is 0 Å². The Balaban J connectivity index is 2.52. The predicted molar refractivity (Wildman–Crippen MR) is 83.5 cm³/mol. The highest BCUT2D eigenvalue weighted by Gasteiger charge is 2.18. The number of nitrogens with zero attached hydrogens (tertiary/aromatic N) is 2. The Morgan fingerprint density at radius 2 is 1.68 bits per heavy atom. The highest BCUT2D eigenvalue weighted by Crippen LogP contribution is 2.21. The number of nitrogens with one attached hydrogen (secondary N) is 1. The summed E-state index contributed by atoms with van der Waals surface area (Å²) < 4.78 is 0. The smallest absolute Gasteiger partial charge is 0.0355 e. The third-order valence-corrected chi connectivity index (χ3v) is 3.57. The average Bonchev–Trinajstić information content (AvgIpc) is 2.38. The van der Waals surface area contributed by atoms with Crippen molar-refractivity contribution in [2.45, 2.75) is 13.0 Å². The van der Waals surface area contributed by atoms with Crippen molar-refractivity contribution >= 4 is 0 Å². The van der Waals surface area contributed by atoms with Gasteiger partial charge < -0.3 is 15.1 Å². The standard InChI is InChI=1S/C16H29N3/c1-14(13-19(5)12-11-18(3)4)16(17-2)15-9-7-6-8-10-15/h6-10,14,16-17H,11-13H2,1-5H3. The SMILES string of the molecule is CNC(c1ccccc1)C(C)CN(C)CCN(C)C. The first kappa shape index (κ1) is 16.2. The van der Waals surface area contributed by atoms with E-state index in [0.717, 1.165) is 19.6 Å². The summed E-state index contributed by atoms with van der Waals surface area (Å²) in [4.78, 5) is 4.64. The van der Waals surface area contributed by atoms with Gasteiger partial charge in [0.1, 0.15) is 0 Å². The second kappa shape index (κ2) is 8.31. The van der Waals surface area contributed by atoms with E-state index in [1.807, 2.05) is 7.05 Å². The maximum atomic E-state index is 3.45. The summed E-state index contributed by atoms with van der Waals surface area (Å²) in [6, 6.07) is 11.1. The van der Waals surface area contributed by atoms with E-state index in [1.165, 1.54) is 5.56 Å². The van der Waals surface area contributed by atoms with Crippen LogP contribution in [0, 0.1) is 5.92 Å². The molecule has 0 aliphatic rings. The number of hydrogen-bond donors (Lipinski definition) is 1. The molecule has 0 aromatic heterocycles. The zero-order chi connectivity index (χ0) is 14.3. The van der Waals surface area contributed by atoms with Gasteiger partial charge >= 0.3 is 0 Å². The lowest BCUT2D eigenvalue weighted by atomic mass is 9.94. The van der Waals surface area contributed by atoms with E-state index in [-0.39, 0.29) is 0 Å². The summed E-state index contributed by atoms with van der Waals surface area (Å²) in [7, 11) is 8.50. The molecule has 108 valence electrons. The van der Waals surface area contributed by atoms with Crippen molar-refractivity contribution in [1.82, 2.24) is 15.1 Å². The average molecular weight is 263 g/mol. The molecule has 0 aliphatic carbocycles. The van der Waals surface area contributed by atoms with Crippen molar-refractivity contribution in [1.29, 1.82) is 0 Å². The van der Waals surface area contributed by atoms with Crippen LogP contribution in [0.4, 0.5) is 0 Å². The van der Waals surface area contributed by atoms with Crippen LogP contribution in [0.2, 0.25) is 0 Å². The summed E-state index contributed by atoms with van der Waals surface area (Å²) in [5.74, 6) is 0.583. The normalized spacial score (nSPS) is 14.9. The Morgan fingerprint density at radius 1 is 1.05 bits per heavy atom. The van der Waals surface area contributed by atoms with E-state index >= 15 is 0 Å². The van der Waals surface area contributed by atoms with Crippen molar-refractivity contribution in [3.05, 3.63) is 35.9 Å². The van der Waals surface area contributed by atoms with Gasteiger partial charge in [0.2, 0.25) is 0 Å². The molecule has 0 saturated carbocycles. The zero-order valence-electron chi connectivity index (χ0n) is 13.1. The summed E-state index contributed by atoms with van der Waals surface area (Å²) in [5, 5.41) is 3.45. The fourth-order valence-corrected chi connectivity index (χ4v) is 2.50. The Morgan fingerprint density at radius 3 is 2.21 bits per heavy atom. The largest absolute Gasteiger partial charge is 0.313 e. The molecule has 2 unspecified atom stereocenters. The van der Waals surface area contributed by atoms with Crippen LogP contribution in [0.1, 0.15) is 18.5 Å². The van der Waals surface area contributed by atoms with Crippen LogP contribution < -0.4 is 5.32 Å². The number of hydrogen-bond acceptors (Lipinski definition) is 3. The van der Waals surface area contributed by atoms with Gasteiger partial charge in [0.25, 0.3) is 0 Å². The molecule has 0 bridgehead atoms. The topological polar surface area (TPSA) is 18.5 Å². The van der Waals surface area contributed by atoms with Gasteiger partial charge in [-0.1, -0.05) is 37.3 Å². The minimum atomic E-state index is 0.419. The van der Waals surface area contributed by atoms with Gasteiger partial charge in [0.05, 0.1) is 0 Å². The minimum absolute atomic E-state index is 0.419. The molecule has 1 aromatic rings. The zero-order valence-corrected chi connectivity index (χ0v) is 13.1. The molecule has 1 aromatic carbocycles. The van der Waals surface area contributed by atoms with Crippen LogP contribution in [-0.4, -0.2) is 57.6 Å². The van der Waals surface area contributed by atoms with Crippen LogP contribution in [0.15, 0.2) is 30.3 Å². The molecule has 1 rings (SSSR count). The number of benzene rings is 1. The Labute approximate surface area is 118 Å².